The Balaban J connectivity index is 1.37. The van der Waals surface area contributed by atoms with Crippen molar-refractivity contribution in [1.29, 1.82) is 0 Å². The van der Waals surface area contributed by atoms with Gasteiger partial charge in [-0.3, -0.25) is 4.79 Å². The zero-order valence-corrected chi connectivity index (χ0v) is 18.8. The Kier molecular flexibility index (Phi) is 5.77. The number of amides is 1. The molecule has 0 bridgehead atoms. The minimum Gasteiger partial charge on any atom is -0.352 e. The van der Waals surface area contributed by atoms with Gasteiger partial charge in [0.1, 0.15) is 0 Å². The molecule has 0 N–H and O–H groups in total. The maximum atomic E-state index is 12.9. The lowest BCUT2D eigenvalue weighted by Crippen LogP contribution is -2.49. The Hall–Kier alpha value is -3.21. The van der Waals surface area contributed by atoms with Gasteiger partial charge in [0.2, 0.25) is 0 Å². The lowest BCUT2D eigenvalue weighted by molar-refractivity contribution is 0.0746. The summed E-state index contributed by atoms with van der Waals surface area (Å²) >= 11 is 0. The molecule has 0 aliphatic carbocycles. The van der Waals surface area contributed by atoms with E-state index in [1.165, 1.54) is 11.1 Å². The van der Waals surface area contributed by atoms with E-state index in [9.17, 15) is 4.79 Å². The zero-order valence-electron chi connectivity index (χ0n) is 18.8. The Morgan fingerprint density at radius 2 is 1.45 bits per heavy atom. The predicted octanol–water partition coefficient (Wildman–Crippen LogP) is 4.71. The van der Waals surface area contributed by atoms with Gasteiger partial charge in [-0.25, -0.2) is 0 Å². The van der Waals surface area contributed by atoms with E-state index >= 15 is 0 Å². The standard InChI is InChI=1S/C26H30N4O/c1-19-5-7-20(8-6-19)23-13-14-24(28-27-23)29-15-17-30(18-16-29)25(31)21-9-11-22(12-10-21)26(2,3)4/h5-14H,15-18H2,1-4H3. The molecule has 1 fully saturated rings. The van der Waals surface area contributed by atoms with Crippen molar-refractivity contribution in [1.82, 2.24) is 15.1 Å². The number of hydrogen-bond acceptors (Lipinski definition) is 4. The summed E-state index contributed by atoms with van der Waals surface area (Å²) < 4.78 is 0. The molecule has 1 saturated heterocycles. The molecule has 0 saturated carbocycles. The van der Waals surface area contributed by atoms with Crippen LogP contribution in [0.25, 0.3) is 11.3 Å². The van der Waals surface area contributed by atoms with E-state index in [0.717, 1.165) is 35.7 Å². The summed E-state index contributed by atoms with van der Waals surface area (Å²) in [5.41, 5.74) is 5.24. The van der Waals surface area contributed by atoms with Crippen molar-refractivity contribution >= 4 is 11.7 Å². The number of carbonyl (C=O) groups is 1. The van der Waals surface area contributed by atoms with E-state index in [-0.39, 0.29) is 11.3 Å². The molecule has 1 aliphatic heterocycles. The summed E-state index contributed by atoms with van der Waals surface area (Å²) in [5.74, 6) is 0.957. The lowest BCUT2D eigenvalue weighted by Gasteiger charge is -2.35. The quantitative estimate of drug-likeness (QED) is 0.623. The van der Waals surface area contributed by atoms with Gasteiger partial charge in [0.05, 0.1) is 5.69 Å². The summed E-state index contributed by atoms with van der Waals surface area (Å²) in [5, 5.41) is 8.85. The lowest BCUT2D eigenvalue weighted by atomic mass is 9.86. The van der Waals surface area contributed by atoms with Crippen molar-refractivity contribution in [3.8, 4) is 11.3 Å². The molecule has 1 amide bonds. The molecule has 0 spiro atoms. The number of anilines is 1. The summed E-state index contributed by atoms with van der Waals surface area (Å²) in [6, 6.07) is 20.4. The third kappa shape index (κ3) is 4.76. The van der Waals surface area contributed by atoms with Gasteiger partial charge in [-0.1, -0.05) is 62.7 Å². The van der Waals surface area contributed by atoms with E-state index in [4.69, 9.17) is 0 Å². The molecule has 4 rings (SSSR count). The van der Waals surface area contributed by atoms with Crippen LogP contribution >= 0.6 is 0 Å². The number of piperazine rings is 1. The number of aryl methyl sites for hydroxylation is 1. The number of nitrogens with zero attached hydrogens (tertiary/aromatic N) is 4. The van der Waals surface area contributed by atoms with Crippen molar-refractivity contribution < 1.29 is 4.79 Å². The van der Waals surface area contributed by atoms with Gasteiger partial charge in [-0.05, 0) is 42.2 Å². The molecule has 1 aliphatic rings. The average Bonchev–Trinajstić information content (AvgIpc) is 2.79. The molecule has 0 radical (unpaired) electrons. The third-order valence-electron chi connectivity index (χ3n) is 5.89. The van der Waals surface area contributed by atoms with E-state index in [1.807, 2.05) is 29.2 Å². The van der Waals surface area contributed by atoms with E-state index in [2.05, 4.69) is 79.2 Å². The molecule has 2 heterocycles. The highest BCUT2D eigenvalue weighted by molar-refractivity contribution is 5.94. The predicted molar refractivity (Wildman–Crippen MR) is 125 cm³/mol. The molecule has 2 aromatic carbocycles. The SMILES string of the molecule is Cc1ccc(-c2ccc(N3CCN(C(=O)c4ccc(C(C)(C)C)cc4)CC3)nn2)cc1. The Labute approximate surface area is 184 Å². The van der Waals surface area contributed by atoms with Crippen LogP contribution in [0.5, 0.6) is 0 Å². The van der Waals surface area contributed by atoms with Crippen LogP contribution in [0, 0.1) is 6.92 Å². The fourth-order valence-electron chi connectivity index (χ4n) is 3.81. The van der Waals surface area contributed by atoms with Gasteiger partial charge in [0.15, 0.2) is 5.82 Å². The fraction of sp³-hybridized carbons (Fsp3) is 0.346. The Morgan fingerprint density at radius 3 is 2.00 bits per heavy atom. The fourth-order valence-corrected chi connectivity index (χ4v) is 3.81. The normalized spacial score (nSPS) is 14.6. The highest BCUT2D eigenvalue weighted by Gasteiger charge is 2.23. The number of hydrogen-bond donors (Lipinski definition) is 0. The third-order valence-corrected chi connectivity index (χ3v) is 5.89. The molecule has 160 valence electrons. The minimum absolute atomic E-state index is 0.0865. The smallest absolute Gasteiger partial charge is 0.253 e. The second kappa shape index (κ2) is 8.50. The molecule has 0 unspecified atom stereocenters. The van der Waals surface area contributed by atoms with Gasteiger partial charge in [0.25, 0.3) is 5.91 Å². The molecule has 0 atom stereocenters. The van der Waals surface area contributed by atoms with Gasteiger partial charge >= 0.3 is 0 Å². The van der Waals surface area contributed by atoms with Gasteiger partial charge in [-0.2, -0.15) is 0 Å². The molecular weight excluding hydrogens is 384 g/mol. The topological polar surface area (TPSA) is 49.3 Å². The first kappa shape index (κ1) is 21.0. The number of aromatic nitrogens is 2. The molecule has 3 aromatic rings. The second-order valence-electron chi connectivity index (χ2n) is 9.25. The maximum Gasteiger partial charge on any atom is 0.253 e. The second-order valence-corrected chi connectivity index (χ2v) is 9.25. The van der Waals surface area contributed by atoms with Crippen molar-refractivity contribution in [2.24, 2.45) is 0 Å². The first-order valence-electron chi connectivity index (χ1n) is 10.9. The summed E-state index contributed by atoms with van der Waals surface area (Å²) in [6.45, 7) is 11.5. The number of carbonyl (C=O) groups excluding carboxylic acids is 1. The van der Waals surface area contributed by atoms with Crippen LogP contribution in [-0.4, -0.2) is 47.2 Å². The van der Waals surface area contributed by atoms with Crippen LogP contribution in [0.1, 0.15) is 42.3 Å². The average molecular weight is 415 g/mol. The Bertz CT molecular complexity index is 1030. The molecule has 31 heavy (non-hydrogen) atoms. The monoisotopic (exact) mass is 414 g/mol. The number of rotatable bonds is 3. The summed E-state index contributed by atoms with van der Waals surface area (Å²) in [7, 11) is 0. The van der Waals surface area contributed by atoms with Crippen LogP contribution < -0.4 is 4.90 Å². The van der Waals surface area contributed by atoms with E-state index < -0.39 is 0 Å². The van der Waals surface area contributed by atoms with Gasteiger partial charge in [0, 0.05) is 37.3 Å². The molecule has 5 nitrogen and oxygen atoms in total. The molecule has 5 heteroatoms. The van der Waals surface area contributed by atoms with Crippen molar-refractivity contribution in [3.63, 3.8) is 0 Å². The van der Waals surface area contributed by atoms with Gasteiger partial charge in [-0.15, -0.1) is 10.2 Å². The summed E-state index contributed by atoms with van der Waals surface area (Å²) in [4.78, 5) is 17.0. The van der Waals surface area contributed by atoms with E-state index in [1.54, 1.807) is 0 Å². The Morgan fingerprint density at radius 1 is 0.806 bits per heavy atom. The van der Waals surface area contributed by atoms with Crippen LogP contribution in [0.3, 0.4) is 0 Å². The highest BCUT2D eigenvalue weighted by Crippen LogP contribution is 2.23. The largest absolute Gasteiger partial charge is 0.352 e. The summed E-state index contributed by atoms with van der Waals surface area (Å²) in [6.07, 6.45) is 0. The van der Waals surface area contributed by atoms with Crippen molar-refractivity contribution in [2.45, 2.75) is 33.1 Å². The van der Waals surface area contributed by atoms with Crippen LogP contribution in [0.15, 0.2) is 60.7 Å². The van der Waals surface area contributed by atoms with Crippen LogP contribution in [-0.2, 0) is 5.41 Å². The van der Waals surface area contributed by atoms with Crippen LogP contribution in [0.2, 0.25) is 0 Å². The maximum absolute atomic E-state index is 12.9. The van der Waals surface area contributed by atoms with E-state index in [0.29, 0.717) is 13.1 Å². The first-order chi connectivity index (χ1) is 14.8. The zero-order chi connectivity index (χ0) is 22.0. The number of benzene rings is 2. The molecule has 1 aromatic heterocycles. The van der Waals surface area contributed by atoms with Crippen LogP contribution in [0.4, 0.5) is 5.82 Å². The minimum atomic E-state index is 0.0865. The van der Waals surface area contributed by atoms with Gasteiger partial charge < -0.3 is 9.80 Å². The molecular formula is C26H30N4O. The highest BCUT2D eigenvalue weighted by atomic mass is 16.2. The first-order valence-corrected chi connectivity index (χ1v) is 10.9. The van der Waals surface area contributed by atoms with Crippen molar-refractivity contribution in [2.75, 3.05) is 31.1 Å². The van der Waals surface area contributed by atoms with Crippen molar-refractivity contribution in [3.05, 3.63) is 77.4 Å².